The first-order valence-electron chi connectivity index (χ1n) is 0.144. The van der Waals surface area contributed by atoms with Crippen LogP contribution in [-0.4, -0.2) is 0 Å². The molecule has 0 aliphatic heterocycles. The Bertz CT molecular complexity index is 6.00. The molecule has 0 nitrogen and oxygen atoms in total. The van der Waals surface area contributed by atoms with Gasteiger partial charge in [-0.05, 0) is 0 Å². The first kappa shape index (κ1) is 17.0. The van der Waals surface area contributed by atoms with Crippen molar-refractivity contribution in [2.24, 2.45) is 0 Å². The summed E-state index contributed by atoms with van der Waals surface area (Å²) in [4.78, 5) is 0. The van der Waals surface area contributed by atoms with Crippen LogP contribution < -0.4 is 0 Å². The molecule has 0 aromatic heterocycles. The van der Waals surface area contributed by atoms with E-state index in [1.807, 2.05) is 0 Å². The van der Waals surface area contributed by atoms with Gasteiger partial charge in [0, 0.05) is 35.9 Å². The van der Waals surface area contributed by atoms with Crippen LogP contribution >= 0.6 is 24.0 Å². The van der Waals surface area contributed by atoms with E-state index >= 15 is 0 Å². The predicted octanol–water partition coefficient (Wildman–Crippen LogP) is 1.29. The number of hydrogen-bond donors (Lipinski definition) is 0. The molecule has 0 rings (SSSR count). The molecular weight excluding hydrogens is 317 g/mol. The van der Waals surface area contributed by atoms with Crippen LogP contribution in [0.3, 0.4) is 0 Å². The summed E-state index contributed by atoms with van der Waals surface area (Å²) in [7, 11) is 3.83. The fourth-order valence-electron chi connectivity index (χ4n) is 0. The van der Waals surface area contributed by atoms with Crippen molar-refractivity contribution in [3.63, 3.8) is 0 Å². The summed E-state index contributed by atoms with van der Waals surface area (Å²) in [5, 5.41) is 0. The van der Waals surface area contributed by atoms with Crippen molar-refractivity contribution in [1.82, 2.24) is 0 Å². The van der Waals surface area contributed by atoms with Gasteiger partial charge in [-0.15, -0.1) is 0 Å². The first-order chi connectivity index (χ1) is 1.00. The van der Waals surface area contributed by atoms with Gasteiger partial charge in [0.05, 0.1) is 0 Å². The van der Waals surface area contributed by atoms with Crippen LogP contribution in [0.2, 0.25) is 0 Å². The maximum absolute atomic E-state index is 3.83. The Morgan fingerprint density at radius 3 is 1.25 bits per heavy atom. The number of rotatable bonds is 0. The minimum absolute atomic E-state index is 0. The van der Waals surface area contributed by atoms with Gasteiger partial charge in [-0.1, -0.05) is 0 Å². The van der Waals surface area contributed by atoms with Gasteiger partial charge < -0.3 is 0 Å². The van der Waals surface area contributed by atoms with Crippen LogP contribution in [0.15, 0.2) is 0 Å². The molecule has 0 heterocycles. The van der Waals surface area contributed by atoms with Crippen LogP contribution in [0.5, 0.6) is 0 Å². The van der Waals surface area contributed by atoms with Gasteiger partial charge in [0.2, 0.25) is 0 Å². The Morgan fingerprint density at radius 1 is 1.25 bits per heavy atom. The molecule has 0 atom stereocenters. The van der Waals surface area contributed by atoms with Gasteiger partial charge in [-0.25, -0.2) is 0 Å². The molecule has 31 valence electrons. The Hall–Kier alpha value is 1.83. The summed E-state index contributed by atoms with van der Waals surface area (Å²) in [6.07, 6.45) is 0. The fraction of sp³-hybridized carbons (Fsp3) is 0. The van der Waals surface area contributed by atoms with E-state index in [0.29, 0.717) is 0 Å². The Labute approximate surface area is 60.4 Å². The van der Waals surface area contributed by atoms with Gasteiger partial charge in [0.1, 0.15) is 0 Å². The van der Waals surface area contributed by atoms with Gasteiger partial charge >= 0.3 is 24.9 Å². The summed E-state index contributed by atoms with van der Waals surface area (Å²) in [6, 6.07) is 0. The average molecular weight is 317 g/mol. The van der Waals surface area contributed by atoms with Crippen LogP contribution in [0, 0.1) is 0 Å². The zero-order chi connectivity index (χ0) is 2.00. The predicted molar refractivity (Wildman–Crippen MR) is 15.2 cm³/mol. The van der Waals surface area contributed by atoms with Gasteiger partial charge in [-0.2, -0.15) is 0 Å². The van der Waals surface area contributed by atoms with Crippen molar-refractivity contribution in [3.8, 4) is 0 Å². The van der Waals surface area contributed by atoms with Gasteiger partial charge in [0.25, 0.3) is 0 Å². The average Bonchev–Trinajstić information content (AvgIpc) is 1.00. The quantitative estimate of drug-likeness (QED) is 0.607. The normalized spacial score (nSPS) is 1.25. The van der Waals surface area contributed by atoms with E-state index in [0.717, 1.165) is 0 Å². The molecule has 3 radical (unpaired) electrons. The Kier molecular flexibility index (Phi) is 89.8. The molecule has 0 aliphatic rings. The molecule has 0 N–H and O–H groups in total. The molecule has 0 saturated heterocycles. The van der Waals surface area contributed by atoms with Crippen molar-refractivity contribution < 1.29 is 36.8 Å². The second-order valence-corrected chi connectivity index (χ2v) is 0. The molecule has 4 heteroatoms. The van der Waals surface area contributed by atoms with Crippen LogP contribution in [0.1, 0.15) is 0 Å². The second-order valence-electron chi connectivity index (χ2n) is 0. The van der Waals surface area contributed by atoms with Gasteiger partial charge in [-0.3, -0.25) is 0 Å². The van der Waals surface area contributed by atoms with E-state index < -0.39 is 0 Å². The van der Waals surface area contributed by atoms with E-state index in [1.165, 1.54) is 0 Å². The van der Waals surface area contributed by atoms with Crippen molar-refractivity contribution in [1.29, 1.82) is 0 Å². The van der Waals surface area contributed by atoms with Crippen LogP contribution in [-0.2, 0) is 36.8 Å². The van der Waals surface area contributed by atoms with E-state index in [9.17, 15) is 0 Å². The topological polar surface area (TPSA) is 0 Å². The maximum atomic E-state index is 3.83. The molecule has 0 bridgehead atoms. The first-order valence-corrected chi connectivity index (χ1v) is 1.79. The molecule has 0 amide bonds. The van der Waals surface area contributed by atoms with Gasteiger partial charge in [0.15, 0.2) is 0 Å². The molecule has 0 saturated carbocycles. The van der Waals surface area contributed by atoms with Crippen molar-refractivity contribution in [2.45, 2.75) is 0 Å². The zero-order valence-electron chi connectivity index (χ0n) is 1.47. The van der Waals surface area contributed by atoms with E-state index in [4.69, 9.17) is 0 Å². The van der Waals surface area contributed by atoms with Crippen molar-refractivity contribution in [2.75, 3.05) is 0 Å². The van der Waals surface area contributed by atoms with Crippen LogP contribution in [0.25, 0.3) is 0 Å². The molecular formula is AuFeS2. The Balaban J connectivity index is -0.00000000500. The third-order valence-electron chi connectivity index (χ3n) is 0. The van der Waals surface area contributed by atoms with E-state index in [1.54, 1.807) is 0 Å². The summed E-state index contributed by atoms with van der Waals surface area (Å²) in [6.45, 7) is 0. The van der Waals surface area contributed by atoms with Crippen molar-refractivity contribution in [3.05, 3.63) is 0 Å². The van der Waals surface area contributed by atoms with Crippen molar-refractivity contribution >= 4 is 24.0 Å². The molecule has 0 aromatic rings. The molecule has 0 aromatic carbocycles. The molecule has 0 fully saturated rings. The third kappa shape index (κ3) is 9.16. The number of hydrogen-bond acceptors (Lipinski definition) is 1. The standard InChI is InChI=1S/Au.Fe.2S. The van der Waals surface area contributed by atoms with Crippen LogP contribution in [0.4, 0.5) is 0 Å². The minimum atomic E-state index is 0. The Morgan fingerprint density at radius 2 is 1.25 bits per heavy atom. The summed E-state index contributed by atoms with van der Waals surface area (Å²) in [5.41, 5.74) is 0. The summed E-state index contributed by atoms with van der Waals surface area (Å²) in [5.74, 6) is 0. The summed E-state index contributed by atoms with van der Waals surface area (Å²) < 4.78 is 0. The zero-order valence-corrected chi connectivity index (χ0v) is 6.38. The van der Waals surface area contributed by atoms with E-state index in [-0.39, 0.29) is 35.9 Å². The molecule has 0 unspecified atom stereocenters. The summed E-state index contributed by atoms with van der Waals surface area (Å²) >= 11 is 2.83. The van der Waals surface area contributed by atoms with E-state index in [2.05, 4.69) is 24.9 Å². The molecule has 4 heavy (non-hydrogen) atoms. The third-order valence-corrected chi connectivity index (χ3v) is 0. The molecule has 0 spiro atoms. The monoisotopic (exact) mass is 317 g/mol. The fourth-order valence-corrected chi connectivity index (χ4v) is 0. The SMILES string of the molecule is [Au].[S].[S]=[Fe]. The second kappa shape index (κ2) is 21.2. The molecule has 0 aliphatic carbocycles.